The predicted molar refractivity (Wildman–Crippen MR) is 40.3 cm³/mol. The number of hydrogen-bond acceptors (Lipinski definition) is 0. The van der Waals surface area contributed by atoms with Crippen LogP contribution in [0.4, 0.5) is 0 Å². The average Bonchev–Trinajstić information content (AvgIpc) is 1.90. The molecule has 1 rings (SSSR count). The van der Waals surface area contributed by atoms with Crippen molar-refractivity contribution >= 4 is 0 Å². The quantitative estimate of drug-likeness (QED) is 0.349. The fourth-order valence-electron chi connectivity index (χ4n) is 0.775. The Hall–Kier alpha value is -0.313. The molecule has 0 atom stereocenters. The molecule has 0 aliphatic heterocycles. The van der Waals surface area contributed by atoms with Crippen LogP contribution in [0.1, 0.15) is 18.1 Å². The first-order valence-electron chi connectivity index (χ1n) is 3.24. The van der Waals surface area contributed by atoms with Crippen molar-refractivity contribution < 1.29 is 18.9 Å². The number of benzene rings is 1. The molecule has 0 unspecified atom stereocenters. The van der Waals surface area contributed by atoms with Gasteiger partial charge in [0, 0.05) is 0 Å². The summed E-state index contributed by atoms with van der Waals surface area (Å²) in [7, 11) is 0. The summed E-state index contributed by atoms with van der Waals surface area (Å²) in [4.78, 5) is 0. The standard InChI is InChI=1S/C9H11.Li/c1-3-9-6-4-8(2)5-7-9;/h4-7H,2-3H2,1H3;/q-1;+1. The van der Waals surface area contributed by atoms with Gasteiger partial charge in [0.15, 0.2) is 0 Å². The molecule has 1 aromatic rings. The first kappa shape index (κ1) is 9.69. The van der Waals surface area contributed by atoms with Gasteiger partial charge in [-0.2, -0.15) is 24.6 Å². The fourth-order valence-corrected chi connectivity index (χ4v) is 0.775. The molecular formula is C9H11Li. The van der Waals surface area contributed by atoms with E-state index in [0.29, 0.717) is 0 Å². The van der Waals surface area contributed by atoms with E-state index in [0.717, 1.165) is 12.0 Å². The molecule has 1 heteroatoms. The van der Waals surface area contributed by atoms with Crippen molar-refractivity contribution in [2.24, 2.45) is 0 Å². The number of hydrogen-bond donors (Lipinski definition) is 0. The van der Waals surface area contributed by atoms with E-state index < -0.39 is 0 Å². The van der Waals surface area contributed by atoms with Crippen LogP contribution in [0, 0.1) is 6.92 Å². The minimum atomic E-state index is 0. The normalized spacial score (nSPS) is 8.50. The zero-order valence-corrected chi connectivity index (χ0v) is 6.72. The van der Waals surface area contributed by atoms with Crippen LogP contribution in [0.15, 0.2) is 24.3 Å². The Labute approximate surface area is 74.8 Å². The van der Waals surface area contributed by atoms with Gasteiger partial charge in [-0.05, 0) is 6.42 Å². The maximum Gasteiger partial charge on any atom is 1.00 e. The van der Waals surface area contributed by atoms with Crippen LogP contribution < -0.4 is 18.9 Å². The van der Waals surface area contributed by atoms with Gasteiger partial charge in [0.1, 0.15) is 0 Å². The summed E-state index contributed by atoms with van der Waals surface area (Å²) in [6.45, 7) is 5.95. The summed E-state index contributed by atoms with van der Waals surface area (Å²) in [5.74, 6) is 0. The van der Waals surface area contributed by atoms with Crippen LogP contribution in [0.2, 0.25) is 0 Å². The molecule has 1 aromatic carbocycles. The minimum absolute atomic E-state index is 0. The van der Waals surface area contributed by atoms with E-state index in [9.17, 15) is 0 Å². The molecule has 0 saturated heterocycles. The fraction of sp³-hybridized carbons (Fsp3) is 0.222. The number of rotatable bonds is 1. The first-order chi connectivity index (χ1) is 4.33. The van der Waals surface area contributed by atoms with Gasteiger partial charge in [0.2, 0.25) is 0 Å². The van der Waals surface area contributed by atoms with Gasteiger partial charge in [-0.3, -0.25) is 0 Å². The second-order valence-electron chi connectivity index (χ2n) is 2.17. The molecule has 0 aliphatic rings. The van der Waals surface area contributed by atoms with Crippen LogP contribution in [0.25, 0.3) is 0 Å². The SMILES string of the molecule is [CH2-]c1ccc(CC)cc1.[Li+]. The van der Waals surface area contributed by atoms with E-state index in [1.165, 1.54) is 5.56 Å². The van der Waals surface area contributed by atoms with Gasteiger partial charge in [-0.1, -0.05) is 12.5 Å². The Morgan fingerprint density at radius 1 is 1.20 bits per heavy atom. The van der Waals surface area contributed by atoms with Crippen molar-refractivity contribution in [1.82, 2.24) is 0 Å². The van der Waals surface area contributed by atoms with Gasteiger partial charge in [0.05, 0.1) is 0 Å². The van der Waals surface area contributed by atoms with Crippen molar-refractivity contribution in [3.05, 3.63) is 42.3 Å². The smallest absolute Gasteiger partial charge is 0.199 e. The molecule has 0 radical (unpaired) electrons. The third kappa shape index (κ3) is 2.52. The van der Waals surface area contributed by atoms with Crippen LogP contribution >= 0.6 is 0 Å². The van der Waals surface area contributed by atoms with Crippen molar-refractivity contribution in [3.63, 3.8) is 0 Å². The maximum atomic E-state index is 3.80. The van der Waals surface area contributed by atoms with E-state index in [1.807, 2.05) is 12.1 Å². The predicted octanol–water partition coefficient (Wildman–Crippen LogP) is -0.565. The molecule has 0 spiro atoms. The number of aryl methyl sites for hydroxylation is 1. The molecule has 48 valence electrons. The molecule has 0 nitrogen and oxygen atoms in total. The maximum absolute atomic E-state index is 3.80. The van der Waals surface area contributed by atoms with Crippen molar-refractivity contribution in [2.75, 3.05) is 0 Å². The van der Waals surface area contributed by atoms with Gasteiger partial charge in [-0.25, -0.2) is 0 Å². The largest absolute Gasteiger partial charge is 1.00 e. The molecule has 0 heterocycles. The molecule has 0 fully saturated rings. The van der Waals surface area contributed by atoms with Crippen LogP contribution in [0.3, 0.4) is 0 Å². The Kier molecular flexibility index (Phi) is 4.35. The van der Waals surface area contributed by atoms with E-state index in [4.69, 9.17) is 0 Å². The van der Waals surface area contributed by atoms with Gasteiger partial charge < -0.3 is 0 Å². The average molecular weight is 126 g/mol. The second-order valence-corrected chi connectivity index (χ2v) is 2.17. The summed E-state index contributed by atoms with van der Waals surface area (Å²) in [5.41, 5.74) is 2.47. The molecule has 0 aromatic heterocycles. The Morgan fingerprint density at radius 3 is 2.10 bits per heavy atom. The van der Waals surface area contributed by atoms with Crippen LogP contribution in [-0.4, -0.2) is 0 Å². The Balaban J connectivity index is 0.000000810. The van der Waals surface area contributed by atoms with Crippen molar-refractivity contribution in [1.29, 1.82) is 0 Å². The summed E-state index contributed by atoms with van der Waals surface area (Å²) in [5, 5.41) is 0. The third-order valence-electron chi connectivity index (χ3n) is 1.43. The summed E-state index contributed by atoms with van der Waals surface area (Å²) in [6, 6.07) is 8.31. The van der Waals surface area contributed by atoms with Crippen LogP contribution in [-0.2, 0) is 6.42 Å². The molecule has 0 amide bonds. The first-order valence-corrected chi connectivity index (χ1v) is 3.24. The van der Waals surface area contributed by atoms with E-state index in [-0.39, 0.29) is 18.9 Å². The zero-order chi connectivity index (χ0) is 6.69. The third-order valence-corrected chi connectivity index (χ3v) is 1.43. The van der Waals surface area contributed by atoms with E-state index in [1.54, 1.807) is 0 Å². The van der Waals surface area contributed by atoms with Gasteiger partial charge in [0.25, 0.3) is 0 Å². The van der Waals surface area contributed by atoms with Crippen molar-refractivity contribution in [2.45, 2.75) is 13.3 Å². The Bertz CT molecular complexity index is 176. The zero-order valence-electron chi connectivity index (χ0n) is 6.72. The minimum Gasteiger partial charge on any atom is -0.199 e. The van der Waals surface area contributed by atoms with E-state index in [2.05, 4.69) is 26.0 Å². The van der Waals surface area contributed by atoms with Gasteiger partial charge >= 0.3 is 18.9 Å². The summed E-state index contributed by atoms with van der Waals surface area (Å²) < 4.78 is 0. The molecule has 0 saturated carbocycles. The second kappa shape index (κ2) is 4.49. The molecular weight excluding hydrogens is 115 g/mol. The molecule has 0 aliphatic carbocycles. The summed E-state index contributed by atoms with van der Waals surface area (Å²) in [6.07, 6.45) is 1.11. The van der Waals surface area contributed by atoms with Crippen LogP contribution in [0.5, 0.6) is 0 Å². The van der Waals surface area contributed by atoms with Crippen molar-refractivity contribution in [3.8, 4) is 0 Å². The molecule has 0 N–H and O–H groups in total. The summed E-state index contributed by atoms with van der Waals surface area (Å²) >= 11 is 0. The molecule has 10 heavy (non-hydrogen) atoms. The topological polar surface area (TPSA) is 0 Å². The Morgan fingerprint density at radius 2 is 1.70 bits per heavy atom. The van der Waals surface area contributed by atoms with E-state index >= 15 is 0 Å². The molecule has 0 bridgehead atoms. The monoisotopic (exact) mass is 126 g/mol. The van der Waals surface area contributed by atoms with Gasteiger partial charge in [-0.15, -0.1) is 12.1 Å².